The number of methoxy groups -OCH3 is 1. The van der Waals surface area contributed by atoms with Crippen LogP contribution in [0.4, 0.5) is 0 Å². The summed E-state index contributed by atoms with van der Waals surface area (Å²) in [5.41, 5.74) is 5.31. The van der Waals surface area contributed by atoms with Crippen LogP contribution in [-0.2, 0) is 0 Å². The van der Waals surface area contributed by atoms with Gasteiger partial charge in [0.1, 0.15) is 16.9 Å². The van der Waals surface area contributed by atoms with E-state index in [9.17, 15) is 0 Å². The molecule has 0 amide bonds. The summed E-state index contributed by atoms with van der Waals surface area (Å²) in [6.07, 6.45) is 3.23. The molecule has 1 heterocycles. The molecule has 2 heteroatoms. The molecule has 0 atom stereocenters. The van der Waals surface area contributed by atoms with Gasteiger partial charge in [-0.3, -0.25) is 0 Å². The molecule has 0 unspecified atom stereocenters. The van der Waals surface area contributed by atoms with E-state index in [4.69, 9.17) is 9.15 Å². The van der Waals surface area contributed by atoms with Crippen LogP contribution in [0, 0.1) is 0 Å². The first-order chi connectivity index (χ1) is 12.3. The standard InChI is InChI=1S/C23H20O2/c1-3-9-18(16-10-5-4-6-11-16)20-14-17(24-2)15-22-23(20)19-12-7-8-13-21(19)25-22/h4-15H,3H2,1-2H3/b18-9+. The van der Waals surface area contributed by atoms with Crippen LogP contribution in [0.1, 0.15) is 24.5 Å². The zero-order valence-electron chi connectivity index (χ0n) is 14.5. The highest BCUT2D eigenvalue weighted by Gasteiger charge is 2.16. The number of hydrogen-bond donors (Lipinski definition) is 0. The minimum absolute atomic E-state index is 0.805. The molecule has 0 saturated carbocycles. The van der Waals surface area contributed by atoms with Crippen LogP contribution in [-0.4, -0.2) is 7.11 Å². The van der Waals surface area contributed by atoms with Crippen LogP contribution in [0.5, 0.6) is 5.75 Å². The van der Waals surface area contributed by atoms with E-state index in [0.717, 1.165) is 39.7 Å². The van der Waals surface area contributed by atoms with E-state index in [1.807, 2.05) is 24.3 Å². The Labute approximate surface area is 147 Å². The molecular formula is C23H20O2. The van der Waals surface area contributed by atoms with Crippen LogP contribution in [0.25, 0.3) is 27.5 Å². The third kappa shape index (κ3) is 2.70. The molecule has 0 radical (unpaired) electrons. The van der Waals surface area contributed by atoms with Crippen LogP contribution in [0.15, 0.2) is 77.2 Å². The molecule has 124 valence electrons. The van der Waals surface area contributed by atoms with Crippen molar-refractivity contribution in [1.29, 1.82) is 0 Å². The Morgan fingerprint density at radius 3 is 2.48 bits per heavy atom. The fraction of sp³-hybridized carbons (Fsp3) is 0.130. The van der Waals surface area contributed by atoms with Gasteiger partial charge in [-0.15, -0.1) is 0 Å². The zero-order valence-corrected chi connectivity index (χ0v) is 14.5. The van der Waals surface area contributed by atoms with E-state index < -0.39 is 0 Å². The summed E-state index contributed by atoms with van der Waals surface area (Å²) < 4.78 is 11.6. The largest absolute Gasteiger partial charge is 0.497 e. The van der Waals surface area contributed by atoms with Gasteiger partial charge in [0.05, 0.1) is 7.11 Å². The van der Waals surface area contributed by atoms with Crippen molar-refractivity contribution in [2.45, 2.75) is 13.3 Å². The summed E-state index contributed by atoms with van der Waals surface area (Å²) in [6, 6.07) is 22.7. The second kappa shape index (κ2) is 6.48. The number of fused-ring (bicyclic) bond motifs is 3. The third-order valence-corrected chi connectivity index (χ3v) is 4.47. The molecule has 0 aliphatic rings. The lowest BCUT2D eigenvalue weighted by Gasteiger charge is -2.12. The summed E-state index contributed by atoms with van der Waals surface area (Å²) in [6.45, 7) is 2.16. The molecule has 4 rings (SSSR count). The molecule has 1 aromatic heterocycles. The Morgan fingerprint density at radius 2 is 1.72 bits per heavy atom. The number of furan rings is 1. The van der Waals surface area contributed by atoms with E-state index in [1.54, 1.807) is 7.11 Å². The summed E-state index contributed by atoms with van der Waals surface area (Å²) in [5, 5.41) is 2.27. The second-order valence-electron chi connectivity index (χ2n) is 6.04. The topological polar surface area (TPSA) is 22.4 Å². The van der Waals surface area contributed by atoms with E-state index in [1.165, 1.54) is 11.1 Å². The molecule has 0 fully saturated rings. The van der Waals surface area contributed by atoms with Crippen molar-refractivity contribution in [3.63, 3.8) is 0 Å². The molecule has 0 bridgehead atoms. The fourth-order valence-electron chi connectivity index (χ4n) is 3.36. The lowest BCUT2D eigenvalue weighted by Crippen LogP contribution is -1.92. The van der Waals surface area contributed by atoms with Gasteiger partial charge in [0.25, 0.3) is 0 Å². The zero-order chi connectivity index (χ0) is 17.2. The Kier molecular flexibility index (Phi) is 4.02. The van der Waals surface area contributed by atoms with Crippen molar-refractivity contribution in [3.8, 4) is 5.75 Å². The normalized spacial score (nSPS) is 12.0. The fourth-order valence-corrected chi connectivity index (χ4v) is 3.36. The van der Waals surface area contributed by atoms with E-state index in [-0.39, 0.29) is 0 Å². The lowest BCUT2D eigenvalue weighted by molar-refractivity contribution is 0.414. The van der Waals surface area contributed by atoms with Crippen molar-refractivity contribution < 1.29 is 9.15 Å². The van der Waals surface area contributed by atoms with Gasteiger partial charge in [-0.05, 0) is 35.3 Å². The van der Waals surface area contributed by atoms with Gasteiger partial charge >= 0.3 is 0 Å². The molecule has 3 aromatic carbocycles. The Hall–Kier alpha value is -3.00. The number of allylic oxidation sites excluding steroid dienone is 1. The maximum Gasteiger partial charge on any atom is 0.139 e. The number of rotatable bonds is 4. The highest BCUT2D eigenvalue weighted by Crippen LogP contribution is 2.39. The maximum absolute atomic E-state index is 6.09. The molecule has 0 saturated heterocycles. The van der Waals surface area contributed by atoms with Crippen molar-refractivity contribution >= 4 is 27.5 Å². The third-order valence-electron chi connectivity index (χ3n) is 4.47. The average Bonchev–Trinajstić information content (AvgIpc) is 3.04. The molecule has 0 spiro atoms. The summed E-state index contributed by atoms with van der Waals surface area (Å²) in [7, 11) is 1.69. The molecule has 4 aromatic rings. The molecule has 0 aliphatic heterocycles. The Bertz CT molecular complexity index is 1060. The Balaban J connectivity index is 2.09. The molecule has 25 heavy (non-hydrogen) atoms. The van der Waals surface area contributed by atoms with E-state index in [2.05, 4.69) is 55.5 Å². The first kappa shape index (κ1) is 15.5. The summed E-state index contributed by atoms with van der Waals surface area (Å²) in [5.74, 6) is 0.805. The molecule has 0 aliphatic carbocycles. The SMILES string of the molecule is CC/C=C(\c1ccccc1)c1cc(OC)cc2oc3ccccc3c12. The summed E-state index contributed by atoms with van der Waals surface area (Å²) in [4.78, 5) is 0. The van der Waals surface area contributed by atoms with Gasteiger partial charge in [0.2, 0.25) is 0 Å². The minimum atomic E-state index is 0.805. The van der Waals surface area contributed by atoms with E-state index in [0.29, 0.717) is 0 Å². The quantitative estimate of drug-likeness (QED) is 0.430. The van der Waals surface area contributed by atoms with Crippen LogP contribution < -0.4 is 4.74 Å². The van der Waals surface area contributed by atoms with Crippen LogP contribution in [0.2, 0.25) is 0 Å². The Morgan fingerprint density at radius 1 is 0.960 bits per heavy atom. The predicted molar refractivity (Wildman–Crippen MR) is 104 cm³/mol. The summed E-state index contributed by atoms with van der Waals surface area (Å²) >= 11 is 0. The monoisotopic (exact) mass is 328 g/mol. The predicted octanol–water partition coefficient (Wildman–Crippen LogP) is 6.44. The average molecular weight is 328 g/mol. The van der Waals surface area contributed by atoms with E-state index >= 15 is 0 Å². The molecule has 2 nitrogen and oxygen atoms in total. The van der Waals surface area contributed by atoms with Crippen LogP contribution in [0.3, 0.4) is 0 Å². The van der Waals surface area contributed by atoms with Crippen molar-refractivity contribution in [3.05, 3.63) is 83.9 Å². The molecular weight excluding hydrogens is 308 g/mol. The minimum Gasteiger partial charge on any atom is -0.497 e. The number of para-hydroxylation sites is 1. The van der Waals surface area contributed by atoms with Crippen LogP contribution >= 0.6 is 0 Å². The highest BCUT2D eigenvalue weighted by atomic mass is 16.5. The van der Waals surface area contributed by atoms with Gasteiger partial charge in [-0.2, -0.15) is 0 Å². The number of ether oxygens (including phenoxy) is 1. The van der Waals surface area contributed by atoms with Gasteiger partial charge in [-0.1, -0.05) is 61.5 Å². The van der Waals surface area contributed by atoms with Gasteiger partial charge in [0.15, 0.2) is 0 Å². The highest BCUT2D eigenvalue weighted by molar-refractivity contribution is 6.12. The smallest absolute Gasteiger partial charge is 0.139 e. The van der Waals surface area contributed by atoms with Crippen molar-refractivity contribution in [2.75, 3.05) is 7.11 Å². The number of benzene rings is 3. The lowest BCUT2D eigenvalue weighted by atomic mass is 9.93. The second-order valence-corrected chi connectivity index (χ2v) is 6.04. The first-order valence-electron chi connectivity index (χ1n) is 8.57. The van der Waals surface area contributed by atoms with Gasteiger partial charge in [0, 0.05) is 16.8 Å². The van der Waals surface area contributed by atoms with Gasteiger partial charge in [-0.25, -0.2) is 0 Å². The number of hydrogen-bond acceptors (Lipinski definition) is 2. The van der Waals surface area contributed by atoms with Gasteiger partial charge < -0.3 is 9.15 Å². The van der Waals surface area contributed by atoms with Crippen molar-refractivity contribution in [2.24, 2.45) is 0 Å². The van der Waals surface area contributed by atoms with Crippen molar-refractivity contribution in [1.82, 2.24) is 0 Å². The molecule has 0 N–H and O–H groups in total. The maximum atomic E-state index is 6.09. The first-order valence-corrected chi connectivity index (χ1v) is 8.57.